The molecule has 0 N–H and O–H groups in total. The fourth-order valence-electron chi connectivity index (χ4n) is 2.79. The zero-order chi connectivity index (χ0) is 17.4. The molecule has 0 unspecified atom stereocenters. The zero-order valence-electron chi connectivity index (χ0n) is 14.5. The average molecular weight is 334 g/mol. The summed E-state index contributed by atoms with van der Waals surface area (Å²) in [6.07, 6.45) is 1.17. The summed E-state index contributed by atoms with van der Waals surface area (Å²) in [5, 5.41) is 0. The highest BCUT2D eigenvalue weighted by Crippen LogP contribution is 2.14. The number of methoxy groups -OCH3 is 1. The van der Waals surface area contributed by atoms with Crippen molar-refractivity contribution < 1.29 is 19.1 Å². The largest absolute Gasteiger partial charge is 0.494 e. The minimum Gasteiger partial charge on any atom is -0.494 e. The molecule has 6 nitrogen and oxygen atoms in total. The molecule has 0 atom stereocenters. The van der Waals surface area contributed by atoms with Crippen molar-refractivity contribution >= 4 is 11.8 Å². The van der Waals surface area contributed by atoms with Crippen LogP contribution in [0.4, 0.5) is 0 Å². The maximum atomic E-state index is 12.5. The lowest BCUT2D eigenvalue weighted by atomic mass is 10.1. The monoisotopic (exact) mass is 334 g/mol. The quantitative estimate of drug-likeness (QED) is 0.788. The van der Waals surface area contributed by atoms with Crippen LogP contribution in [0.1, 0.15) is 18.9 Å². The minimum absolute atomic E-state index is 0.0155. The lowest BCUT2D eigenvalue weighted by Gasteiger charge is -2.22. The van der Waals surface area contributed by atoms with E-state index >= 15 is 0 Å². The van der Waals surface area contributed by atoms with E-state index in [0.29, 0.717) is 39.2 Å². The van der Waals surface area contributed by atoms with E-state index in [9.17, 15) is 9.59 Å². The Morgan fingerprint density at radius 1 is 1.00 bits per heavy atom. The molecule has 1 aromatic carbocycles. The van der Waals surface area contributed by atoms with E-state index in [0.717, 1.165) is 17.7 Å². The van der Waals surface area contributed by atoms with Gasteiger partial charge < -0.3 is 19.3 Å². The van der Waals surface area contributed by atoms with E-state index in [1.807, 2.05) is 36.1 Å². The summed E-state index contributed by atoms with van der Waals surface area (Å²) in [4.78, 5) is 28.0. The summed E-state index contributed by atoms with van der Waals surface area (Å²) in [6, 6.07) is 7.63. The van der Waals surface area contributed by atoms with Crippen molar-refractivity contribution in [2.45, 2.75) is 19.8 Å². The summed E-state index contributed by atoms with van der Waals surface area (Å²) >= 11 is 0. The molecule has 1 fully saturated rings. The molecule has 2 amide bonds. The van der Waals surface area contributed by atoms with Crippen LogP contribution in [-0.2, 0) is 20.7 Å². The number of carbonyl (C=O) groups excluding carboxylic acids is 2. The summed E-state index contributed by atoms with van der Waals surface area (Å²) < 4.78 is 10.3. The molecule has 1 saturated heterocycles. The van der Waals surface area contributed by atoms with Gasteiger partial charge in [0, 0.05) is 33.3 Å². The van der Waals surface area contributed by atoms with Crippen molar-refractivity contribution in [3.8, 4) is 5.75 Å². The summed E-state index contributed by atoms with van der Waals surface area (Å²) in [7, 11) is 1.52. The SMILES string of the molecule is CCOc1ccc(CC(=O)N2CCCN(C(=O)COC)CC2)cc1. The second-order valence-electron chi connectivity index (χ2n) is 5.80. The molecule has 0 aliphatic carbocycles. The predicted molar refractivity (Wildman–Crippen MR) is 91.0 cm³/mol. The highest BCUT2D eigenvalue weighted by atomic mass is 16.5. The standard InChI is InChI=1S/C18H26N2O4/c1-3-24-16-7-5-15(6-8-16)13-17(21)19-9-4-10-20(12-11-19)18(22)14-23-2/h5-8H,3-4,9-14H2,1-2H3. The molecule has 0 aromatic heterocycles. The molecule has 1 aliphatic rings. The van der Waals surface area contributed by atoms with Gasteiger partial charge in [0.15, 0.2) is 0 Å². The third kappa shape index (κ3) is 5.23. The maximum Gasteiger partial charge on any atom is 0.248 e. The Labute approximate surface area is 143 Å². The van der Waals surface area contributed by atoms with Crippen molar-refractivity contribution in [3.63, 3.8) is 0 Å². The Kier molecular flexibility index (Phi) is 7.06. The number of hydrogen-bond acceptors (Lipinski definition) is 4. The van der Waals surface area contributed by atoms with Crippen LogP contribution in [0.15, 0.2) is 24.3 Å². The van der Waals surface area contributed by atoms with Crippen molar-refractivity contribution in [3.05, 3.63) is 29.8 Å². The van der Waals surface area contributed by atoms with Gasteiger partial charge in [0.25, 0.3) is 0 Å². The molecule has 6 heteroatoms. The van der Waals surface area contributed by atoms with Gasteiger partial charge in [-0.2, -0.15) is 0 Å². The highest BCUT2D eigenvalue weighted by Gasteiger charge is 2.21. The maximum absolute atomic E-state index is 12.5. The number of carbonyl (C=O) groups is 2. The molecule has 2 rings (SSSR count). The number of ether oxygens (including phenoxy) is 2. The van der Waals surface area contributed by atoms with Gasteiger partial charge in [0.1, 0.15) is 12.4 Å². The van der Waals surface area contributed by atoms with Crippen LogP contribution in [0.3, 0.4) is 0 Å². The Balaban J connectivity index is 1.87. The summed E-state index contributed by atoms with van der Waals surface area (Å²) in [5.74, 6) is 0.897. The van der Waals surface area contributed by atoms with E-state index in [2.05, 4.69) is 0 Å². The normalized spacial score (nSPS) is 15.1. The second-order valence-corrected chi connectivity index (χ2v) is 5.80. The topological polar surface area (TPSA) is 59.1 Å². The molecule has 1 heterocycles. The Hall–Kier alpha value is -2.08. The third-order valence-electron chi connectivity index (χ3n) is 4.06. The van der Waals surface area contributed by atoms with E-state index < -0.39 is 0 Å². The number of rotatable bonds is 6. The highest BCUT2D eigenvalue weighted by molar-refractivity contribution is 5.79. The molecular weight excluding hydrogens is 308 g/mol. The van der Waals surface area contributed by atoms with E-state index in [1.165, 1.54) is 7.11 Å². The average Bonchev–Trinajstić information content (AvgIpc) is 2.83. The van der Waals surface area contributed by atoms with E-state index in [4.69, 9.17) is 9.47 Å². The fourth-order valence-corrected chi connectivity index (χ4v) is 2.79. The molecule has 1 aromatic rings. The third-order valence-corrected chi connectivity index (χ3v) is 4.06. The zero-order valence-corrected chi connectivity index (χ0v) is 14.5. The van der Waals surface area contributed by atoms with Crippen molar-refractivity contribution in [2.75, 3.05) is 46.5 Å². The molecular formula is C18H26N2O4. The van der Waals surface area contributed by atoms with Crippen LogP contribution in [-0.4, -0.2) is 68.1 Å². The first-order chi connectivity index (χ1) is 11.6. The van der Waals surface area contributed by atoms with Gasteiger partial charge in [-0.15, -0.1) is 0 Å². The van der Waals surface area contributed by atoms with Crippen LogP contribution in [0, 0.1) is 0 Å². The van der Waals surface area contributed by atoms with Gasteiger partial charge in [-0.1, -0.05) is 12.1 Å². The van der Waals surface area contributed by atoms with Crippen molar-refractivity contribution in [1.82, 2.24) is 9.80 Å². The first-order valence-corrected chi connectivity index (χ1v) is 8.40. The molecule has 24 heavy (non-hydrogen) atoms. The van der Waals surface area contributed by atoms with Crippen LogP contribution in [0.5, 0.6) is 5.75 Å². The molecule has 0 bridgehead atoms. The van der Waals surface area contributed by atoms with Crippen LogP contribution in [0.2, 0.25) is 0 Å². The van der Waals surface area contributed by atoms with Crippen LogP contribution < -0.4 is 4.74 Å². The van der Waals surface area contributed by atoms with Gasteiger partial charge in [0.2, 0.25) is 11.8 Å². The second kappa shape index (κ2) is 9.27. The lowest BCUT2D eigenvalue weighted by Crippen LogP contribution is -2.39. The molecule has 0 radical (unpaired) electrons. The number of nitrogens with zero attached hydrogens (tertiary/aromatic N) is 2. The van der Waals surface area contributed by atoms with Crippen molar-refractivity contribution in [2.24, 2.45) is 0 Å². The van der Waals surface area contributed by atoms with E-state index in [-0.39, 0.29) is 18.4 Å². The minimum atomic E-state index is -0.0155. The van der Waals surface area contributed by atoms with Gasteiger partial charge in [-0.25, -0.2) is 0 Å². The summed E-state index contributed by atoms with van der Waals surface area (Å²) in [5.41, 5.74) is 0.972. The van der Waals surface area contributed by atoms with Gasteiger partial charge >= 0.3 is 0 Å². The first kappa shape index (κ1) is 18.3. The Bertz CT molecular complexity index is 544. The predicted octanol–water partition coefficient (Wildman–Crippen LogP) is 1.34. The summed E-state index contributed by atoms with van der Waals surface area (Å²) in [6.45, 7) is 5.17. The lowest BCUT2D eigenvalue weighted by molar-refractivity contribution is -0.136. The van der Waals surface area contributed by atoms with Gasteiger partial charge in [-0.05, 0) is 31.0 Å². The Morgan fingerprint density at radius 2 is 1.62 bits per heavy atom. The molecule has 0 spiro atoms. The van der Waals surface area contributed by atoms with E-state index in [1.54, 1.807) is 4.90 Å². The molecule has 132 valence electrons. The van der Waals surface area contributed by atoms with Crippen LogP contribution in [0.25, 0.3) is 0 Å². The van der Waals surface area contributed by atoms with Crippen LogP contribution >= 0.6 is 0 Å². The Morgan fingerprint density at radius 3 is 2.21 bits per heavy atom. The fraction of sp³-hybridized carbons (Fsp3) is 0.556. The van der Waals surface area contributed by atoms with Crippen molar-refractivity contribution in [1.29, 1.82) is 0 Å². The molecule has 0 saturated carbocycles. The van der Waals surface area contributed by atoms with Gasteiger partial charge in [0.05, 0.1) is 13.0 Å². The molecule has 1 aliphatic heterocycles. The van der Waals surface area contributed by atoms with Gasteiger partial charge in [-0.3, -0.25) is 9.59 Å². The number of amides is 2. The number of benzene rings is 1. The first-order valence-electron chi connectivity index (χ1n) is 8.40. The number of hydrogen-bond donors (Lipinski definition) is 0. The smallest absolute Gasteiger partial charge is 0.248 e.